The maximum atomic E-state index is 13.0. The first-order chi connectivity index (χ1) is 14.8. The fourth-order valence-electron chi connectivity index (χ4n) is 4.16. The summed E-state index contributed by atoms with van der Waals surface area (Å²) in [5.41, 5.74) is 4.53. The highest BCUT2D eigenvalue weighted by Crippen LogP contribution is 2.28. The van der Waals surface area contributed by atoms with Gasteiger partial charge in [0, 0.05) is 49.6 Å². The summed E-state index contributed by atoms with van der Waals surface area (Å²) in [6.45, 7) is 1.48. The van der Waals surface area contributed by atoms with E-state index in [9.17, 15) is 4.79 Å². The van der Waals surface area contributed by atoms with Gasteiger partial charge in [0.15, 0.2) is 5.82 Å². The Morgan fingerprint density at radius 3 is 2.87 bits per heavy atom. The number of amides is 1. The summed E-state index contributed by atoms with van der Waals surface area (Å²) >= 11 is 0. The smallest absolute Gasteiger partial charge is 0.227 e. The van der Waals surface area contributed by atoms with Gasteiger partial charge in [-0.1, -0.05) is 36.4 Å². The molecular weight excluding hydrogens is 374 g/mol. The third-order valence-electron chi connectivity index (χ3n) is 5.71. The molecule has 6 heteroatoms. The summed E-state index contributed by atoms with van der Waals surface area (Å²) < 4.78 is 2.13. The summed E-state index contributed by atoms with van der Waals surface area (Å²) in [5, 5.41) is 8.88. The Balaban J connectivity index is 1.36. The molecule has 3 heterocycles. The molecule has 1 aromatic carbocycles. The number of para-hydroxylation sites is 1. The minimum absolute atomic E-state index is 0.138. The minimum atomic E-state index is 0.138. The third kappa shape index (κ3) is 3.56. The van der Waals surface area contributed by atoms with Crippen molar-refractivity contribution in [1.29, 1.82) is 0 Å². The highest BCUT2D eigenvalue weighted by molar-refractivity contribution is 5.95. The molecule has 0 radical (unpaired) electrons. The van der Waals surface area contributed by atoms with Crippen molar-refractivity contribution in [1.82, 2.24) is 19.7 Å². The van der Waals surface area contributed by atoms with Gasteiger partial charge in [0.2, 0.25) is 5.91 Å². The van der Waals surface area contributed by atoms with Crippen LogP contribution in [-0.4, -0.2) is 32.2 Å². The second-order valence-corrected chi connectivity index (χ2v) is 7.65. The van der Waals surface area contributed by atoms with Gasteiger partial charge >= 0.3 is 0 Å². The summed E-state index contributed by atoms with van der Waals surface area (Å²) in [5.74, 6) is 1.77. The van der Waals surface area contributed by atoms with Crippen molar-refractivity contribution in [2.24, 2.45) is 0 Å². The van der Waals surface area contributed by atoms with Crippen molar-refractivity contribution in [2.45, 2.75) is 32.2 Å². The van der Waals surface area contributed by atoms with Gasteiger partial charge in [-0.25, -0.2) is 0 Å². The Kier molecular flexibility index (Phi) is 4.97. The molecule has 0 atom stereocenters. The van der Waals surface area contributed by atoms with Gasteiger partial charge in [-0.2, -0.15) is 0 Å². The van der Waals surface area contributed by atoms with Crippen molar-refractivity contribution in [3.8, 4) is 11.4 Å². The fourth-order valence-corrected chi connectivity index (χ4v) is 4.16. The topological polar surface area (TPSA) is 63.9 Å². The van der Waals surface area contributed by atoms with Crippen LogP contribution in [0.4, 0.5) is 5.69 Å². The van der Waals surface area contributed by atoms with Gasteiger partial charge in [0.05, 0.1) is 0 Å². The van der Waals surface area contributed by atoms with Crippen LogP contribution in [0.2, 0.25) is 0 Å². The molecule has 2 aliphatic rings. The van der Waals surface area contributed by atoms with Gasteiger partial charge in [-0.15, -0.1) is 10.2 Å². The van der Waals surface area contributed by atoms with E-state index in [2.05, 4.69) is 44.0 Å². The number of carbonyl (C=O) groups excluding carboxylic acids is 1. The maximum Gasteiger partial charge on any atom is 0.227 e. The number of aromatic nitrogens is 4. The lowest BCUT2D eigenvalue weighted by Crippen LogP contribution is -2.29. The molecule has 0 saturated carbocycles. The fraction of sp³-hybridized carbons (Fsp3) is 0.250. The minimum Gasteiger partial charge on any atom is -0.312 e. The first-order valence-corrected chi connectivity index (χ1v) is 10.3. The molecule has 3 aromatic rings. The van der Waals surface area contributed by atoms with Gasteiger partial charge in [-0.3, -0.25) is 9.78 Å². The van der Waals surface area contributed by atoms with Crippen LogP contribution in [-0.2, 0) is 24.2 Å². The lowest BCUT2D eigenvalue weighted by Gasteiger charge is -2.17. The van der Waals surface area contributed by atoms with Crippen LogP contribution in [0, 0.1) is 0 Å². The van der Waals surface area contributed by atoms with E-state index in [0.717, 1.165) is 48.8 Å². The first-order valence-electron chi connectivity index (χ1n) is 10.3. The van der Waals surface area contributed by atoms with Gasteiger partial charge in [-0.05, 0) is 42.2 Å². The quantitative estimate of drug-likeness (QED) is 0.636. The standard InChI is InChI=1S/C24H23N5O/c30-23(28-15-13-19-8-3-4-10-21(19)28)12-11-22-26-27-24(20-9-5-14-25-16-20)29(22)17-18-6-1-2-7-18/h1-6,8-10,14,16H,7,11-13,15,17H2. The van der Waals surface area contributed by atoms with E-state index >= 15 is 0 Å². The van der Waals surface area contributed by atoms with Crippen molar-refractivity contribution in [3.63, 3.8) is 0 Å². The van der Waals surface area contributed by atoms with Crippen LogP contribution >= 0.6 is 0 Å². The number of allylic oxidation sites excluding steroid dienone is 4. The number of pyridine rings is 1. The maximum absolute atomic E-state index is 13.0. The first kappa shape index (κ1) is 18.5. The van der Waals surface area contributed by atoms with E-state index in [1.54, 1.807) is 12.4 Å². The molecule has 150 valence electrons. The number of rotatable bonds is 6. The molecule has 0 unspecified atom stereocenters. The molecular formula is C24H23N5O. The SMILES string of the molecule is O=C(CCc1nnc(-c2cccnc2)n1CC1=CC=CC1)N1CCc2ccccc21. The molecule has 1 aliphatic heterocycles. The molecule has 30 heavy (non-hydrogen) atoms. The number of nitrogens with zero attached hydrogens (tertiary/aromatic N) is 5. The Bertz CT molecular complexity index is 1130. The second-order valence-electron chi connectivity index (χ2n) is 7.65. The number of aryl methyl sites for hydroxylation is 1. The molecule has 1 amide bonds. The van der Waals surface area contributed by atoms with E-state index in [4.69, 9.17) is 0 Å². The molecule has 5 rings (SSSR count). The number of hydrogen-bond donors (Lipinski definition) is 0. The van der Waals surface area contributed by atoms with Crippen LogP contribution in [0.25, 0.3) is 11.4 Å². The Labute approximate surface area is 175 Å². The lowest BCUT2D eigenvalue weighted by molar-refractivity contribution is -0.118. The molecule has 6 nitrogen and oxygen atoms in total. The molecule has 0 N–H and O–H groups in total. The highest BCUT2D eigenvalue weighted by Gasteiger charge is 2.25. The highest BCUT2D eigenvalue weighted by atomic mass is 16.2. The lowest BCUT2D eigenvalue weighted by atomic mass is 10.2. The number of hydrogen-bond acceptors (Lipinski definition) is 4. The molecule has 2 aromatic heterocycles. The Morgan fingerprint density at radius 2 is 2.03 bits per heavy atom. The van der Waals surface area contributed by atoms with Crippen LogP contribution < -0.4 is 4.90 Å². The average molecular weight is 397 g/mol. The number of carbonyl (C=O) groups is 1. The van der Waals surface area contributed by atoms with E-state index in [1.165, 1.54) is 11.1 Å². The van der Waals surface area contributed by atoms with E-state index < -0.39 is 0 Å². The molecule has 0 saturated heterocycles. The summed E-state index contributed by atoms with van der Waals surface area (Å²) in [7, 11) is 0. The third-order valence-corrected chi connectivity index (χ3v) is 5.71. The predicted octanol–water partition coefficient (Wildman–Crippen LogP) is 3.75. The number of fused-ring (bicyclic) bond motifs is 1. The summed E-state index contributed by atoms with van der Waals surface area (Å²) in [4.78, 5) is 19.1. The Morgan fingerprint density at radius 1 is 1.10 bits per heavy atom. The van der Waals surface area contributed by atoms with Crippen molar-refractivity contribution in [3.05, 3.63) is 84.0 Å². The number of anilines is 1. The molecule has 0 bridgehead atoms. The van der Waals surface area contributed by atoms with Crippen LogP contribution in [0.3, 0.4) is 0 Å². The van der Waals surface area contributed by atoms with Crippen LogP contribution in [0.5, 0.6) is 0 Å². The van der Waals surface area contributed by atoms with Crippen molar-refractivity contribution >= 4 is 11.6 Å². The summed E-state index contributed by atoms with van der Waals surface area (Å²) in [6.07, 6.45) is 12.8. The normalized spacial score (nSPS) is 14.8. The zero-order valence-corrected chi connectivity index (χ0v) is 16.7. The zero-order chi connectivity index (χ0) is 20.3. The number of benzene rings is 1. The van der Waals surface area contributed by atoms with Gasteiger partial charge in [0.1, 0.15) is 5.82 Å². The van der Waals surface area contributed by atoms with E-state index in [1.807, 2.05) is 35.2 Å². The molecule has 0 spiro atoms. The molecule has 0 fully saturated rings. The van der Waals surface area contributed by atoms with Crippen molar-refractivity contribution < 1.29 is 4.79 Å². The predicted molar refractivity (Wildman–Crippen MR) is 116 cm³/mol. The average Bonchev–Trinajstić information content (AvgIpc) is 3.53. The van der Waals surface area contributed by atoms with Crippen LogP contribution in [0.1, 0.15) is 24.2 Å². The largest absolute Gasteiger partial charge is 0.312 e. The van der Waals surface area contributed by atoms with Gasteiger partial charge < -0.3 is 9.47 Å². The van der Waals surface area contributed by atoms with Crippen LogP contribution in [0.15, 0.2) is 72.6 Å². The summed E-state index contributed by atoms with van der Waals surface area (Å²) in [6, 6.07) is 12.0. The van der Waals surface area contributed by atoms with Gasteiger partial charge in [0.25, 0.3) is 0 Å². The zero-order valence-electron chi connectivity index (χ0n) is 16.7. The Hall–Kier alpha value is -3.54. The van der Waals surface area contributed by atoms with E-state index in [-0.39, 0.29) is 5.91 Å². The second kappa shape index (κ2) is 8.06. The monoisotopic (exact) mass is 397 g/mol. The molecule has 1 aliphatic carbocycles. The van der Waals surface area contributed by atoms with Crippen molar-refractivity contribution in [2.75, 3.05) is 11.4 Å². The van der Waals surface area contributed by atoms with E-state index in [0.29, 0.717) is 12.8 Å².